The molecular formula is C6H12O2. The summed E-state index contributed by atoms with van der Waals surface area (Å²) in [6.07, 6.45) is 1.75. The predicted octanol–water partition coefficient (Wildman–Crippen LogP) is 1.37. The number of rotatable bonds is 2. The number of allylic oxidation sites excluding steroid dienone is 1. The van der Waals surface area contributed by atoms with Gasteiger partial charge in [0.15, 0.2) is 0 Å². The molecule has 8 heavy (non-hydrogen) atoms. The van der Waals surface area contributed by atoms with Crippen molar-refractivity contribution >= 4 is 6.47 Å². The van der Waals surface area contributed by atoms with E-state index in [1.54, 1.807) is 13.0 Å². The minimum absolute atomic E-state index is 0.431. The van der Waals surface area contributed by atoms with Crippen LogP contribution in [-0.4, -0.2) is 13.1 Å². The first-order valence-electron chi connectivity index (χ1n) is 2.45. The maximum Gasteiger partial charge on any atom is 0.293 e. The zero-order valence-electron chi connectivity index (χ0n) is 5.39. The summed E-state index contributed by atoms with van der Waals surface area (Å²) >= 11 is 0. The normalized spacial score (nSPS) is 5.75. The fourth-order valence-electron chi connectivity index (χ4n) is 0.0680. The van der Waals surface area contributed by atoms with Gasteiger partial charge in [-0.05, 0) is 13.8 Å². The maximum atomic E-state index is 9.18. The predicted molar refractivity (Wildman–Crippen MR) is 33.6 cm³/mol. The lowest BCUT2D eigenvalue weighted by molar-refractivity contribution is -0.128. The third-order valence-corrected chi connectivity index (χ3v) is 0.235. The van der Waals surface area contributed by atoms with Crippen molar-refractivity contribution in [3.63, 3.8) is 0 Å². The molecule has 0 aromatic carbocycles. The molecule has 0 saturated heterocycles. The van der Waals surface area contributed by atoms with Crippen molar-refractivity contribution in [3.05, 3.63) is 12.7 Å². The van der Waals surface area contributed by atoms with Crippen molar-refractivity contribution < 1.29 is 9.53 Å². The summed E-state index contributed by atoms with van der Waals surface area (Å²) in [4.78, 5) is 9.18. The molecule has 0 atom stereocenters. The Morgan fingerprint density at radius 3 is 2.12 bits per heavy atom. The first-order chi connectivity index (χ1) is 3.83. The monoisotopic (exact) mass is 116 g/mol. The minimum atomic E-state index is 0.431. The number of hydrogen-bond donors (Lipinski definition) is 0. The highest BCUT2D eigenvalue weighted by Gasteiger charge is 1.60. The highest BCUT2D eigenvalue weighted by Crippen LogP contribution is 1.55. The average Bonchev–Trinajstić information content (AvgIpc) is 1.71. The molecule has 0 aliphatic carbocycles. The van der Waals surface area contributed by atoms with Crippen LogP contribution in [0.2, 0.25) is 0 Å². The minimum Gasteiger partial charge on any atom is -0.468 e. The first-order valence-corrected chi connectivity index (χ1v) is 2.45. The third-order valence-electron chi connectivity index (χ3n) is 0.235. The molecule has 0 spiro atoms. The van der Waals surface area contributed by atoms with Crippen LogP contribution in [0.3, 0.4) is 0 Å². The quantitative estimate of drug-likeness (QED) is 0.402. The second-order valence-corrected chi connectivity index (χ2v) is 0.960. The van der Waals surface area contributed by atoms with Gasteiger partial charge in [-0.15, -0.1) is 6.58 Å². The molecule has 0 radical (unpaired) electrons. The smallest absolute Gasteiger partial charge is 0.293 e. The number of carbonyl (C=O) groups is 1. The highest BCUT2D eigenvalue weighted by atomic mass is 16.5. The second-order valence-electron chi connectivity index (χ2n) is 0.960. The van der Waals surface area contributed by atoms with Crippen LogP contribution < -0.4 is 0 Å². The molecule has 2 nitrogen and oxygen atoms in total. The van der Waals surface area contributed by atoms with Crippen molar-refractivity contribution in [1.82, 2.24) is 0 Å². The van der Waals surface area contributed by atoms with E-state index in [-0.39, 0.29) is 0 Å². The Hall–Kier alpha value is -0.790. The van der Waals surface area contributed by atoms with E-state index in [2.05, 4.69) is 11.3 Å². The van der Waals surface area contributed by atoms with Gasteiger partial charge in [-0.25, -0.2) is 0 Å². The van der Waals surface area contributed by atoms with Gasteiger partial charge in [0, 0.05) is 0 Å². The fraction of sp³-hybridized carbons (Fsp3) is 0.500. The van der Waals surface area contributed by atoms with Crippen molar-refractivity contribution in [2.75, 3.05) is 6.61 Å². The molecule has 0 N–H and O–H groups in total. The van der Waals surface area contributed by atoms with Gasteiger partial charge in [-0.3, -0.25) is 4.79 Å². The molecule has 0 aromatic heterocycles. The zero-order valence-corrected chi connectivity index (χ0v) is 5.39. The van der Waals surface area contributed by atoms with E-state index in [1.807, 2.05) is 6.92 Å². The Morgan fingerprint density at radius 2 is 2.12 bits per heavy atom. The van der Waals surface area contributed by atoms with E-state index in [9.17, 15) is 4.79 Å². The van der Waals surface area contributed by atoms with Crippen molar-refractivity contribution in [3.8, 4) is 0 Å². The molecule has 2 heteroatoms. The van der Waals surface area contributed by atoms with Crippen LogP contribution >= 0.6 is 0 Å². The SMILES string of the molecule is C=CC.CCOC=O. The van der Waals surface area contributed by atoms with Crippen molar-refractivity contribution in [2.45, 2.75) is 13.8 Å². The van der Waals surface area contributed by atoms with Crippen molar-refractivity contribution in [2.24, 2.45) is 0 Å². The van der Waals surface area contributed by atoms with E-state index in [4.69, 9.17) is 0 Å². The largest absolute Gasteiger partial charge is 0.468 e. The molecule has 0 heterocycles. The Labute approximate surface area is 50.2 Å². The van der Waals surface area contributed by atoms with Crippen LogP contribution in [0.5, 0.6) is 0 Å². The molecule has 0 fully saturated rings. The van der Waals surface area contributed by atoms with Crippen LogP contribution in [0.1, 0.15) is 13.8 Å². The fourth-order valence-corrected chi connectivity index (χ4v) is 0.0680. The first kappa shape index (κ1) is 10.2. The van der Waals surface area contributed by atoms with Crippen molar-refractivity contribution in [1.29, 1.82) is 0 Å². The topological polar surface area (TPSA) is 26.3 Å². The third kappa shape index (κ3) is 63.1. The van der Waals surface area contributed by atoms with Crippen LogP contribution in [0.4, 0.5) is 0 Å². The van der Waals surface area contributed by atoms with Crippen LogP contribution in [0.25, 0.3) is 0 Å². The number of ether oxygens (including phenoxy) is 1. The van der Waals surface area contributed by atoms with E-state index < -0.39 is 0 Å². The van der Waals surface area contributed by atoms with E-state index in [0.717, 1.165) is 0 Å². The van der Waals surface area contributed by atoms with Gasteiger partial charge in [-0.2, -0.15) is 0 Å². The number of carbonyl (C=O) groups excluding carboxylic acids is 1. The number of hydrogen-bond acceptors (Lipinski definition) is 2. The summed E-state index contributed by atoms with van der Waals surface area (Å²) < 4.78 is 4.15. The Balaban J connectivity index is 0. The standard InChI is InChI=1S/C3H6O2.C3H6/c1-2-5-3-4;1-3-2/h3H,2H2,1H3;3H,1H2,2H3. The lowest BCUT2D eigenvalue weighted by atomic mass is 10.8. The van der Waals surface area contributed by atoms with Gasteiger partial charge in [-0.1, -0.05) is 6.08 Å². The van der Waals surface area contributed by atoms with E-state index in [0.29, 0.717) is 13.1 Å². The summed E-state index contributed by atoms with van der Waals surface area (Å²) in [7, 11) is 0. The van der Waals surface area contributed by atoms with Gasteiger partial charge < -0.3 is 4.74 Å². The van der Waals surface area contributed by atoms with Crippen LogP contribution in [0, 0.1) is 0 Å². The summed E-state index contributed by atoms with van der Waals surface area (Å²) in [5.41, 5.74) is 0. The molecule has 0 amide bonds. The molecular weight excluding hydrogens is 104 g/mol. The van der Waals surface area contributed by atoms with Gasteiger partial charge in [0.05, 0.1) is 6.61 Å². The summed E-state index contributed by atoms with van der Waals surface area (Å²) in [5, 5.41) is 0. The van der Waals surface area contributed by atoms with E-state index in [1.165, 1.54) is 0 Å². The zero-order chi connectivity index (χ0) is 6.83. The van der Waals surface area contributed by atoms with Gasteiger partial charge in [0.25, 0.3) is 6.47 Å². The molecule has 0 bridgehead atoms. The summed E-state index contributed by atoms with van der Waals surface area (Å²) in [5.74, 6) is 0. The van der Waals surface area contributed by atoms with Gasteiger partial charge in [0.1, 0.15) is 0 Å². The van der Waals surface area contributed by atoms with Gasteiger partial charge >= 0.3 is 0 Å². The molecule has 0 unspecified atom stereocenters. The Bertz CT molecular complexity index is 50.5. The highest BCUT2D eigenvalue weighted by molar-refractivity contribution is 5.36. The van der Waals surface area contributed by atoms with Crippen LogP contribution in [-0.2, 0) is 9.53 Å². The molecule has 0 aliphatic heterocycles. The molecule has 0 aromatic rings. The summed E-state index contributed by atoms with van der Waals surface area (Å²) in [6, 6.07) is 0. The molecule has 0 saturated carbocycles. The second kappa shape index (κ2) is 16.4. The lowest BCUT2D eigenvalue weighted by Gasteiger charge is -1.79. The summed E-state index contributed by atoms with van der Waals surface area (Å²) in [6.45, 7) is 7.91. The Kier molecular flexibility index (Phi) is 20.9. The molecule has 0 aliphatic rings. The average molecular weight is 116 g/mol. The van der Waals surface area contributed by atoms with Crippen LogP contribution in [0.15, 0.2) is 12.7 Å². The maximum absolute atomic E-state index is 9.18. The molecule has 48 valence electrons. The van der Waals surface area contributed by atoms with E-state index >= 15 is 0 Å². The molecule has 0 rings (SSSR count). The lowest BCUT2D eigenvalue weighted by Crippen LogP contribution is -1.80. The van der Waals surface area contributed by atoms with Gasteiger partial charge in [0.2, 0.25) is 0 Å². The Morgan fingerprint density at radius 1 is 1.75 bits per heavy atom.